The van der Waals surface area contributed by atoms with Gasteiger partial charge < -0.3 is 4.74 Å². The number of nitro groups is 1. The van der Waals surface area contributed by atoms with Crippen LogP contribution in [0.2, 0.25) is 0 Å². The first-order valence-electron chi connectivity index (χ1n) is 3.65. The van der Waals surface area contributed by atoms with Crippen LogP contribution in [0.4, 0.5) is 5.69 Å². The summed E-state index contributed by atoms with van der Waals surface area (Å²) < 4.78 is 5.46. The van der Waals surface area contributed by atoms with Crippen molar-refractivity contribution in [3.8, 4) is 5.75 Å². The molecule has 0 aliphatic carbocycles. The highest BCUT2D eigenvalue weighted by atomic mass is 79.9. The van der Waals surface area contributed by atoms with Crippen LogP contribution in [0.3, 0.4) is 0 Å². The van der Waals surface area contributed by atoms with E-state index in [-0.39, 0.29) is 18.0 Å². The Morgan fingerprint density at radius 1 is 1.57 bits per heavy atom. The van der Waals surface area contributed by atoms with Gasteiger partial charge in [0.2, 0.25) is 0 Å². The van der Waals surface area contributed by atoms with Crippen molar-refractivity contribution in [3.63, 3.8) is 0 Å². The van der Waals surface area contributed by atoms with Crippen molar-refractivity contribution in [1.82, 2.24) is 0 Å². The molecular weight excluding hydrogens is 254 g/mol. The predicted octanol–water partition coefficient (Wildman–Crippen LogP) is 1.94. The average Bonchev–Trinajstić information content (AvgIpc) is 2.15. The van der Waals surface area contributed by atoms with Gasteiger partial charge in [-0.05, 0) is 12.1 Å². The zero-order valence-corrected chi connectivity index (χ0v) is 8.56. The molecule has 0 radical (unpaired) electrons. The summed E-state index contributed by atoms with van der Waals surface area (Å²) in [5, 5.41) is 10.6. The normalized spacial score (nSPS) is 9.50. The van der Waals surface area contributed by atoms with E-state index in [0.29, 0.717) is 10.8 Å². The van der Waals surface area contributed by atoms with Crippen molar-refractivity contribution in [3.05, 3.63) is 32.8 Å². The van der Waals surface area contributed by atoms with Gasteiger partial charge in [-0.1, -0.05) is 15.9 Å². The molecule has 0 aliphatic rings. The lowest BCUT2D eigenvalue weighted by atomic mass is 10.3. The van der Waals surface area contributed by atoms with Crippen LogP contribution in [0, 0.1) is 10.1 Å². The fourth-order valence-electron chi connectivity index (χ4n) is 0.879. The molecule has 0 atom stereocenters. The minimum absolute atomic E-state index is 0.0882. The summed E-state index contributed by atoms with van der Waals surface area (Å²) in [6.45, 7) is -0.192. The molecule has 0 bridgehead atoms. The van der Waals surface area contributed by atoms with Gasteiger partial charge in [0.25, 0.3) is 0 Å². The molecular formula is C8H6BrNO4. The zero-order valence-electron chi connectivity index (χ0n) is 6.97. The fraction of sp³-hybridized carbons (Fsp3) is 0.125. The number of hydrogen-bond donors (Lipinski definition) is 0. The maximum Gasteiger partial charge on any atom is 0.312 e. The topological polar surface area (TPSA) is 69.4 Å². The number of hydrogen-bond acceptors (Lipinski definition) is 4. The van der Waals surface area contributed by atoms with E-state index < -0.39 is 4.92 Å². The van der Waals surface area contributed by atoms with Gasteiger partial charge in [0.15, 0.2) is 12.0 Å². The van der Waals surface area contributed by atoms with Crippen LogP contribution < -0.4 is 4.74 Å². The molecule has 14 heavy (non-hydrogen) atoms. The van der Waals surface area contributed by atoms with Gasteiger partial charge in [0, 0.05) is 10.5 Å². The molecule has 0 aliphatic heterocycles. The zero-order chi connectivity index (χ0) is 10.6. The second-order valence-corrected chi connectivity index (χ2v) is 3.26. The standard InChI is InChI=1S/C8H6BrNO4/c9-6-1-2-8(14-4-3-11)7(5-6)10(12)13/h1-3,5H,4H2. The van der Waals surface area contributed by atoms with Crippen molar-refractivity contribution in [2.75, 3.05) is 6.61 Å². The summed E-state index contributed by atoms with van der Waals surface area (Å²) in [6, 6.07) is 4.36. The first-order valence-corrected chi connectivity index (χ1v) is 4.45. The van der Waals surface area contributed by atoms with Crippen LogP contribution in [-0.4, -0.2) is 17.8 Å². The second kappa shape index (κ2) is 4.71. The molecule has 0 amide bonds. The van der Waals surface area contributed by atoms with Gasteiger partial charge in [0.05, 0.1) is 4.92 Å². The van der Waals surface area contributed by atoms with Crippen molar-refractivity contribution < 1.29 is 14.5 Å². The lowest BCUT2D eigenvalue weighted by molar-refractivity contribution is -0.385. The van der Waals surface area contributed by atoms with E-state index in [2.05, 4.69) is 15.9 Å². The van der Waals surface area contributed by atoms with Gasteiger partial charge >= 0.3 is 5.69 Å². The first kappa shape index (κ1) is 10.6. The minimum Gasteiger partial charge on any atom is -0.479 e. The van der Waals surface area contributed by atoms with Crippen LogP contribution in [-0.2, 0) is 4.79 Å². The maximum atomic E-state index is 10.6. The summed E-state index contributed by atoms with van der Waals surface area (Å²) in [5.41, 5.74) is -0.166. The van der Waals surface area contributed by atoms with Gasteiger partial charge in [-0.3, -0.25) is 14.9 Å². The number of nitro benzene ring substituents is 1. The third-order valence-electron chi connectivity index (χ3n) is 1.42. The minimum atomic E-state index is -0.565. The fourth-order valence-corrected chi connectivity index (χ4v) is 1.23. The summed E-state index contributed by atoms with van der Waals surface area (Å²) in [4.78, 5) is 20.0. The number of aldehydes is 1. The Hall–Kier alpha value is -1.43. The monoisotopic (exact) mass is 259 g/mol. The third-order valence-corrected chi connectivity index (χ3v) is 1.92. The molecule has 0 heterocycles. The van der Waals surface area contributed by atoms with E-state index in [1.165, 1.54) is 12.1 Å². The lowest BCUT2D eigenvalue weighted by Gasteiger charge is -2.02. The average molecular weight is 260 g/mol. The Balaban J connectivity index is 3.01. The Bertz CT molecular complexity index is 366. The van der Waals surface area contributed by atoms with Crippen LogP contribution in [0.1, 0.15) is 0 Å². The Morgan fingerprint density at radius 3 is 2.86 bits per heavy atom. The van der Waals surface area contributed by atoms with E-state index in [0.717, 1.165) is 0 Å². The number of benzene rings is 1. The van der Waals surface area contributed by atoms with E-state index in [1.807, 2.05) is 0 Å². The molecule has 0 fully saturated rings. The largest absolute Gasteiger partial charge is 0.479 e. The molecule has 1 rings (SSSR count). The van der Waals surface area contributed by atoms with Gasteiger partial charge in [-0.15, -0.1) is 0 Å². The summed E-state index contributed by atoms with van der Waals surface area (Å²) in [5.74, 6) is 0.0882. The lowest BCUT2D eigenvalue weighted by Crippen LogP contribution is -2.00. The number of nitrogens with zero attached hydrogens (tertiary/aromatic N) is 1. The van der Waals surface area contributed by atoms with Crippen molar-refractivity contribution in [2.45, 2.75) is 0 Å². The van der Waals surface area contributed by atoms with E-state index in [4.69, 9.17) is 4.74 Å². The van der Waals surface area contributed by atoms with Crippen molar-refractivity contribution in [2.24, 2.45) is 0 Å². The van der Waals surface area contributed by atoms with Gasteiger partial charge in [-0.25, -0.2) is 0 Å². The molecule has 1 aromatic rings. The SMILES string of the molecule is O=CCOc1ccc(Br)cc1[N+](=O)[O-]. The van der Waals surface area contributed by atoms with Gasteiger partial charge in [0.1, 0.15) is 6.61 Å². The molecule has 0 aromatic heterocycles. The van der Waals surface area contributed by atoms with Crippen molar-refractivity contribution >= 4 is 27.9 Å². The van der Waals surface area contributed by atoms with Crippen LogP contribution in [0.25, 0.3) is 0 Å². The molecule has 5 nitrogen and oxygen atoms in total. The van der Waals surface area contributed by atoms with E-state index in [1.54, 1.807) is 6.07 Å². The Morgan fingerprint density at radius 2 is 2.29 bits per heavy atom. The summed E-state index contributed by atoms with van der Waals surface area (Å²) in [7, 11) is 0. The number of carbonyl (C=O) groups is 1. The highest BCUT2D eigenvalue weighted by molar-refractivity contribution is 9.10. The van der Waals surface area contributed by atoms with Crippen molar-refractivity contribution in [1.29, 1.82) is 0 Å². The summed E-state index contributed by atoms with van der Waals surface area (Å²) >= 11 is 3.10. The molecule has 0 spiro atoms. The molecule has 0 unspecified atom stereocenters. The predicted molar refractivity (Wildman–Crippen MR) is 52.4 cm³/mol. The number of halogens is 1. The molecule has 0 saturated heterocycles. The van der Waals surface area contributed by atoms with Gasteiger partial charge in [-0.2, -0.15) is 0 Å². The molecule has 6 heteroatoms. The Labute approximate surface area is 88.0 Å². The highest BCUT2D eigenvalue weighted by Crippen LogP contribution is 2.29. The van der Waals surface area contributed by atoms with Crippen LogP contribution >= 0.6 is 15.9 Å². The Kier molecular flexibility index (Phi) is 3.58. The molecule has 0 N–H and O–H groups in total. The molecule has 0 saturated carbocycles. The van der Waals surface area contributed by atoms with E-state index in [9.17, 15) is 14.9 Å². The maximum absolute atomic E-state index is 10.6. The summed E-state index contributed by atoms with van der Waals surface area (Å²) in [6.07, 6.45) is 0.534. The second-order valence-electron chi connectivity index (χ2n) is 2.35. The quantitative estimate of drug-likeness (QED) is 0.471. The van der Waals surface area contributed by atoms with Crippen LogP contribution in [0.15, 0.2) is 22.7 Å². The smallest absolute Gasteiger partial charge is 0.312 e. The number of ether oxygens (including phenoxy) is 1. The third kappa shape index (κ3) is 2.53. The number of carbonyl (C=O) groups excluding carboxylic acids is 1. The van der Waals surface area contributed by atoms with Crippen LogP contribution in [0.5, 0.6) is 5.75 Å². The van der Waals surface area contributed by atoms with E-state index >= 15 is 0 Å². The highest BCUT2D eigenvalue weighted by Gasteiger charge is 2.14. The molecule has 74 valence electrons. The first-order chi connectivity index (χ1) is 6.65. The molecule has 1 aromatic carbocycles. The number of rotatable bonds is 4.